The van der Waals surface area contributed by atoms with Gasteiger partial charge in [-0.25, -0.2) is 0 Å². The van der Waals surface area contributed by atoms with Gasteiger partial charge in [-0.05, 0) is 29.7 Å². The minimum atomic E-state index is -0.510. The van der Waals surface area contributed by atoms with Crippen LogP contribution in [0.4, 0.5) is 0 Å². The second-order valence-corrected chi connectivity index (χ2v) is 5.85. The zero-order valence-corrected chi connectivity index (χ0v) is 10.3. The van der Waals surface area contributed by atoms with Gasteiger partial charge in [0, 0.05) is 11.4 Å². The average molecular weight is 238 g/mol. The molecule has 1 amide bonds. The van der Waals surface area contributed by atoms with Gasteiger partial charge in [-0.2, -0.15) is 0 Å². The van der Waals surface area contributed by atoms with Crippen molar-refractivity contribution in [1.29, 1.82) is 0 Å². The number of hydrogen-bond donors (Lipinski definition) is 2. The molecule has 0 aliphatic heterocycles. The molecule has 1 aliphatic rings. The van der Waals surface area contributed by atoms with Crippen molar-refractivity contribution in [3.05, 3.63) is 22.4 Å². The van der Waals surface area contributed by atoms with Crippen molar-refractivity contribution in [1.82, 2.24) is 5.32 Å². The van der Waals surface area contributed by atoms with Crippen LogP contribution in [0.3, 0.4) is 0 Å². The van der Waals surface area contributed by atoms with Crippen molar-refractivity contribution >= 4 is 17.2 Å². The summed E-state index contributed by atoms with van der Waals surface area (Å²) in [5.41, 5.74) is 6.18. The molecule has 3 N–H and O–H groups in total. The Hall–Kier alpha value is -0.870. The summed E-state index contributed by atoms with van der Waals surface area (Å²) in [6, 6.07) is 3.31. The van der Waals surface area contributed by atoms with Crippen LogP contribution in [0.2, 0.25) is 0 Å². The zero-order valence-electron chi connectivity index (χ0n) is 9.53. The molecule has 0 radical (unpaired) electrons. The Balaban J connectivity index is 1.84. The maximum Gasteiger partial charge on any atom is 0.242 e. The van der Waals surface area contributed by atoms with Crippen LogP contribution in [0.15, 0.2) is 17.5 Å². The monoisotopic (exact) mass is 238 g/mol. The normalized spacial score (nSPS) is 19.9. The first kappa shape index (κ1) is 11.6. The molecule has 1 unspecified atom stereocenters. The third-order valence-electron chi connectivity index (χ3n) is 3.38. The molecule has 1 aliphatic carbocycles. The Labute approximate surface area is 100 Å². The summed E-state index contributed by atoms with van der Waals surface area (Å²) in [5.74, 6) is -0.0597. The highest BCUT2D eigenvalue weighted by atomic mass is 32.1. The van der Waals surface area contributed by atoms with Crippen LogP contribution in [0.5, 0.6) is 0 Å². The van der Waals surface area contributed by atoms with Gasteiger partial charge in [0.15, 0.2) is 0 Å². The lowest BCUT2D eigenvalue weighted by Crippen LogP contribution is -2.43. The lowest BCUT2D eigenvalue weighted by molar-refractivity contribution is -0.123. The number of hydrogen-bond acceptors (Lipinski definition) is 3. The number of nitrogens with two attached hydrogens (primary N) is 1. The molecule has 1 aromatic heterocycles. The van der Waals surface area contributed by atoms with Crippen LogP contribution in [-0.2, 0) is 4.79 Å². The maximum atomic E-state index is 11.8. The first-order valence-corrected chi connectivity index (χ1v) is 6.55. The van der Waals surface area contributed by atoms with E-state index in [0.717, 1.165) is 11.4 Å². The first-order valence-electron chi connectivity index (χ1n) is 5.67. The molecule has 0 bridgehead atoms. The molecule has 1 saturated carbocycles. The number of amides is 1. The van der Waals surface area contributed by atoms with E-state index in [4.69, 9.17) is 5.73 Å². The SMILES string of the molecule is CC1(CNC(=O)C(N)c2cccs2)CCC1. The van der Waals surface area contributed by atoms with E-state index < -0.39 is 6.04 Å². The van der Waals surface area contributed by atoms with E-state index in [9.17, 15) is 4.79 Å². The molecule has 0 aromatic carbocycles. The maximum absolute atomic E-state index is 11.8. The smallest absolute Gasteiger partial charge is 0.242 e. The topological polar surface area (TPSA) is 55.1 Å². The van der Waals surface area contributed by atoms with Gasteiger partial charge in [-0.15, -0.1) is 11.3 Å². The summed E-state index contributed by atoms with van der Waals surface area (Å²) in [6.45, 7) is 2.97. The molecule has 4 heteroatoms. The van der Waals surface area contributed by atoms with Crippen molar-refractivity contribution < 1.29 is 4.79 Å². The zero-order chi connectivity index (χ0) is 11.6. The summed E-state index contributed by atoms with van der Waals surface area (Å²) in [6.07, 6.45) is 3.70. The molecular formula is C12H18N2OS. The standard InChI is InChI=1S/C12H18N2OS/c1-12(5-3-6-12)8-14-11(15)10(13)9-4-2-7-16-9/h2,4,7,10H,3,5-6,8,13H2,1H3,(H,14,15). The highest BCUT2D eigenvalue weighted by Gasteiger charge is 2.32. The first-order chi connectivity index (χ1) is 7.61. The van der Waals surface area contributed by atoms with Gasteiger partial charge in [0.05, 0.1) is 0 Å². The molecule has 1 aromatic rings. The molecule has 0 spiro atoms. The molecule has 16 heavy (non-hydrogen) atoms. The Kier molecular flexibility index (Phi) is 3.30. The summed E-state index contributed by atoms with van der Waals surface area (Å²) in [5, 5.41) is 4.90. The fourth-order valence-electron chi connectivity index (χ4n) is 1.97. The lowest BCUT2D eigenvalue weighted by atomic mass is 9.70. The van der Waals surface area contributed by atoms with Crippen LogP contribution >= 0.6 is 11.3 Å². The Bertz CT molecular complexity index is 357. The van der Waals surface area contributed by atoms with E-state index in [1.165, 1.54) is 30.6 Å². The van der Waals surface area contributed by atoms with Gasteiger partial charge in [0.25, 0.3) is 0 Å². The Morgan fingerprint density at radius 1 is 1.69 bits per heavy atom. The lowest BCUT2D eigenvalue weighted by Gasteiger charge is -2.38. The van der Waals surface area contributed by atoms with Crippen molar-refractivity contribution in [2.24, 2.45) is 11.1 Å². The van der Waals surface area contributed by atoms with Crippen LogP contribution in [0, 0.1) is 5.41 Å². The van der Waals surface area contributed by atoms with Crippen LogP contribution in [0.1, 0.15) is 37.1 Å². The molecule has 1 heterocycles. The van der Waals surface area contributed by atoms with Gasteiger partial charge in [-0.1, -0.05) is 19.4 Å². The molecule has 2 rings (SSSR count). The largest absolute Gasteiger partial charge is 0.354 e. The number of carbonyl (C=O) groups excluding carboxylic acids is 1. The molecular weight excluding hydrogens is 220 g/mol. The third kappa shape index (κ3) is 2.44. The number of carbonyl (C=O) groups is 1. The summed E-state index contributed by atoms with van der Waals surface area (Å²) >= 11 is 1.53. The van der Waals surface area contributed by atoms with Gasteiger partial charge in [-0.3, -0.25) is 4.79 Å². The molecule has 0 saturated heterocycles. The minimum absolute atomic E-state index is 0.0597. The van der Waals surface area contributed by atoms with Crippen molar-refractivity contribution in [2.45, 2.75) is 32.2 Å². The predicted molar refractivity (Wildman–Crippen MR) is 66.2 cm³/mol. The summed E-state index contributed by atoms with van der Waals surface area (Å²) in [4.78, 5) is 12.7. The van der Waals surface area contributed by atoms with Gasteiger partial charge in [0.1, 0.15) is 6.04 Å². The number of rotatable bonds is 4. The molecule has 88 valence electrons. The van der Waals surface area contributed by atoms with Crippen molar-refractivity contribution in [3.8, 4) is 0 Å². The highest BCUT2D eigenvalue weighted by Crippen LogP contribution is 2.39. The van der Waals surface area contributed by atoms with Gasteiger partial charge < -0.3 is 11.1 Å². The third-order valence-corrected chi connectivity index (χ3v) is 4.34. The van der Waals surface area contributed by atoms with E-state index in [2.05, 4.69) is 12.2 Å². The van der Waals surface area contributed by atoms with E-state index in [-0.39, 0.29) is 5.91 Å². The fraction of sp³-hybridized carbons (Fsp3) is 0.583. The Morgan fingerprint density at radius 2 is 2.44 bits per heavy atom. The van der Waals surface area contributed by atoms with E-state index in [0.29, 0.717) is 5.41 Å². The van der Waals surface area contributed by atoms with Gasteiger partial charge in [0.2, 0.25) is 5.91 Å². The Morgan fingerprint density at radius 3 is 2.94 bits per heavy atom. The molecule has 1 fully saturated rings. The second kappa shape index (κ2) is 4.55. The highest BCUT2D eigenvalue weighted by molar-refractivity contribution is 7.10. The van der Waals surface area contributed by atoms with E-state index in [1.54, 1.807) is 0 Å². The van der Waals surface area contributed by atoms with E-state index >= 15 is 0 Å². The van der Waals surface area contributed by atoms with E-state index in [1.807, 2.05) is 17.5 Å². The fourth-order valence-corrected chi connectivity index (χ4v) is 2.69. The predicted octanol–water partition coefficient (Wildman–Crippen LogP) is 2.05. The van der Waals surface area contributed by atoms with Gasteiger partial charge >= 0.3 is 0 Å². The minimum Gasteiger partial charge on any atom is -0.354 e. The quantitative estimate of drug-likeness (QED) is 0.843. The summed E-state index contributed by atoms with van der Waals surface area (Å²) in [7, 11) is 0. The van der Waals surface area contributed by atoms with Crippen LogP contribution < -0.4 is 11.1 Å². The molecule has 3 nitrogen and oxygen atoms in total. The van der Waals surface area contributed by atoms with Crippen molar-refractivity contribution in [2.75, 3.05) is 6.54 Å². The number of thiophene rings is 1. The van der Waals surface area contributed by atoms with Crippen molar-refractivity contribution in [3.63, 3.8) is 0 Å². The number of nitrogens with one attached hydrogen (secondary N) is 1. The second-order valence-electron chi connectivity index (χ2n) is 4.88. The van der Waals surface area contributed by atoms with Crippen LogP contribution in [-0.4, -0.2) is 12.5 Å². The van der Waals surface area contributed by atoms with Crippen LogP contribution in [0.25, 0.3) is 0 Å². The molecule has 1 atom stereocenters. The summed E-state index contributed by atoms with van der Waals surface area (Å²) < 4.78 is 0. The average Bonchev–Trinajstić information content (AvgIpc) is 2.75.